The minimum atomic E-state index is -3.39. The molecule has 1 aromatic heterocycles. The minimum absolute atomic E-state index is 0.00867. The van der Waals surface area contributed by atoms with Crippen LogP contribution in [0.4, 0.5) is 28.6 Å². The van der Waals surface area contributed by atoms with Crippen molar-refractivity contribution in [1.29, 1.82) is 0 Å². The summed E-state index contributed by atoms with van der Waals surface area (Å²) in [5.41, 5.74) is -0.647. The third kappa shape index (κ3) is 4.40. The molecule has 0 spiro atoms. The lowest BCUT2D eigenvalue weighted by Gasteiger charge is -2.39. The van der Waals surface area contributed by atoms with Crippen molar-refractivity contribution in [1.82, 2.24) is 20.0 Å². The number of nitrogens with one attached hydrogen (secondary N) is 1. The van der Waals surface area contributed by atoms with E-state index in [1.165, 1.54) is 15.6 Å². The van der Waals surface area contributed by atoms with Crippen molar-refractivity contribution >= 4 is 34.8 Å². The van der Waals surface area contributed by atoms with Crippen molar-refractivity contribution < 1.29 is 32.3 Å². The molecule has 2 aromatic rings. The number of benzene rings is 1. The lowest BCUT2D eigenvalue weighted by molar-refractivity contribution is -0.120. The first-order chi connectivity index (χ1) is 15.8. The van der Waals surface area contributed by atoms with Crippen molar-refractivity contribution in [2.24, 2.45) is 7.05 Å². The third-order valence-corrected chi connectivity index (χ3v) is 5.89. The molecule has 4 rings (SSSR count). The van der Waals surface area contributed by atoms with Crippen LogP contribution >= 0.6 is 0 Å². The number of aromatic nitrogens is 2. The van der Waals surface area contributed by atoms with E-state index in [0.717, 1.165) is 11.0 Å². The number of ether oxygens (including phenoxy) is 1. The van der Waals surface area contributed by atoms with E-state index in [4.69, 9.17) is 4.74 Å². The number of piperidine rings is 1. The number of fused-ring (bicyclic) bond motifs is 1. The Labute approximate surface area is 193 Å². The number of nitrogens with zero attached hydrogens (tertiary/aromatic N) is 4. The maximum atomic E-state index is 15.2. The Kier molecular flexibility index (Phi) is 5.73. The molecule has 0 radical (unpaired) electrons. The molecule has 1 atom stereocenters. The van der Waals surface area contributed by atoms with Crippen LogP contribution in [-0.4, -0.2) is 63.9 Å². The van der Waals surface area contributed by atoms with Gasteiger partial charge in [0.2, 0.25) is 5.91 Å². The lowest BCUT2D eigenvalue weighted by atomic mass is 9.85. The van der Waals surface area contributed by atoms with Gasteiger partial charge in [0.15, 0.2) is 5.82 Å². The van der Waals surface area contributed by atoms with Gasteiger partial charge in [-0.25, -0.2) is 22.8 Å². The molecule has 184 valence electrons. The van der Waals surface area contributed by atoms with Crippen LogP contribution in [0.3, 0.4) is 0 Å². The number of carbonyl (C=O) groups excluding carboxylic acids is 3. The number of alkyl halides is 2. The normalized spacial score (nSPS) is 21.1. The highest BCUT2D eigenvalue weighted by Gasteiger charge is 2.48. The first-order valence-corrected chi connectivity index (χ1v) is 10.9. The molecule has 12 heteroatoms. The second-order valence-corrected chi connectivity index (χ2v) is 9.60. The summed E-state index contributed by atoms with van der Waals surface area (Å²) in [7, 11) is 1.56. The van der Waals surface area contributed by atoms with E-state index < -0.39 is 47.8 Å². The molecule has 0 saturated carbocycles. The summed E-state index contributed by atoms with van der Waals surface area (Å²) in [6, 6.07) is 1.73. The number of likely N-dealkylation sites (tertiary alicyclic amines) is 1. The van der Waals surface area contributed by atoms with E-state index in [1.807, 2.05) is 0 Å². The molecule has 2 aliphatic rings. The Hall–Kier alpha value is -3.31. The van der Waals surface area contributed by atoms with Crippen molar-refractivity contribution in [3.05, 3.63) is 23.5 Å². The van der Waals surface area contributed by atoms with Gasteiger partial charge in [0.25, 0.3) is 5.92 Å². The number of urea groups is 1. The quantitative estimate of drug-likeness (QED) is 0.708. The summed E-state index contributed by atoms with van der Waals surface area (Å²) in [5, 5.41) is 6.72. The number of hydrogen-bond donors (Lipinski definition) is 1. The van der Waals surface area contributed by atoms with Crippen LogP contribution in [0.25, 0.3) is 10.9 Å². The Balaban J connectivity index is 1.64. The number of carbonyl (C=O) groups is 3. The van der Waals surface area contributed by atoms with Gasteiger partial charge in [-0.05, 0) is 44.9 Å². The van der Waals surface area contributed by atoms with Crippen LogP contribution in [0.2, 0.25) is 0 Å². The fraction of sp³-hybridized carbons (Fsp3) is 0.545. The van der Waals surface area contributed by atoms with E-state index >= 15 is 13.2 Å². The number of amides is 4. The van der Waals surface area contributed by atoms with E-state index in [9.17, 15) is 14.4 Å². The highest BCUT2D eigenvalue weighted by molar-refractivity contribution is 6.08. The number of halogens is 3. The van der Waals surface area contributed by atoms with Gasteiger partial charge in [-0.15, -0.1) is 0 Å². The molecular weight excluding hydrogens is 455 g/mol. The average Bonchev–Trinajstić information content (AvgIpc) is 3.01. The van der Waals surface area contributed by atoms with Crippen molar-refractivity contribution in [3.8, 4) is 0 Å². The number of aryl methyl sites for hydroxylation is 1. The zero-order valence-electron chi connectivity index (χ0n) is 19.3. The van der Waals surface area contributed by atoms with Crippen LogP contribution in [0.5, 0.6) is 0 Å². The predicted molar refractivity (Wildman–Crippen MR) is 116 cm³/mol. The van der Waals surface area contributed by atoms with Crippen LogP contribution in [0, 0.1) is 5.82 Å². The van der Waals surface area contributed by atoms with Gasteiger partial charge >= 0.3 is 12.1 Å². The van der Waals surface area contributed by atoms with Gasteiger partial charge in [0, 0.05) is 31.9 Å². The van der Waals surface area contributed by atoms with E-state index in [1.54, 1.807) is 27.8 Å². The zero-order chi connectivity index (χ0) is 25.0. The van der Waals surface area contributed by atoms with E-state index in [0.29, 0.717) is 5.52 Å². The molecule has 2 aliphatic heterocycles. The fourth-order valence-electron chi connectivity index (χ4n) is 4.31. The smallest absolute Gasteiger partial charge is 0.410 e. The maximum Gasteiger partial charge on any atom is 0.410 e. The minimum Gasteiger partial charge on any atom is -0.444 e. The van der Waals surface area contributed by atoms with Gasteiger partial charge in [-0.2, -0.15) is 5.10 Å². The second kappa shape index (κ2) is 8.17. The van der Waals surface area contributed by atoms with Gasteiger partial charge in [0.05, 0.1) is 18.0 Å². The summed E-state index contributed by atoms with van der Waals surface area (Å²) in [6.45, 7) is 4.12. The Morgan fingerprint density at radius 3 is 2.56 bits per heavy atom. The standard InChI is InChI=1S/C22H26F3N5O4/c1-21(2,3)34-20(33)29-7-5-14(22(24,25)11-29)12-10-16-13(9-15(12)23)18(27-28(16)4)30-8-6-17(31)26-19(30)32/h9-10,14H,5-8,11H2,1-4H3,(H,26,31,32). The summed E-state index contributed by atoms with van der Waals surface area (Å²) in [5.74, 6) is -5.98. The zero-order valence-corrected chi connectivity index (χ0v) is 19.3. The van der Waals surface area contributed by atoms with Gasteiger partial charge in [0.1, 0.15) is 11.4 Å². The number of rotatable bonds is 2. The summed E-state index contributed by atoms with van der Waals surface area (Å²) in [6.07, 6.45) is -0.931. The summed E-state index contributed by atoms with van der Waals surface area (Å²) < 4.78 is 52.0. The largest absolute Gasteiger partial charge is 0.444 e. The molecule has 1 unspecified atom stereocenters. The maximum absolute atomic E-state index is 15.2. The molecule has 34 heavy (non-hydrogen) atoms. The van der Waals surface area contributed by atoms with Gasteiger partial charge < -0.3 is 9.64 Å². The second-order valence-electron chi connectivity index (χ2n) is 9.60. The highest BCUT2D eigenvalue weighted by atomic mass is 19.3. The van der Waals surface area contributed by atoms with Crippen molar-refractivity contribution in [3.63, 3.8) is 0 Å². The van der Waals surface area contributed by atoms with Gasteiger partial charge in [-0.1, -0.05) is 0 Å². The lowest BCUT2D eigenvalue weighted by Crippen LogP contribution is -2.51. The highest BCUT2D eigenvalue weighted by Crippen LogP contribution is 2.43. The predicted octanol–water partition coefficient (Wildman–Crippen LogP) is 3.52. The number of anilines is 1. The summed E-state index contributed by atoms with van der Waals surface area (Å²) in [4.78, 5) is 38.1. The Morgan fingerprint density at radius 2 is 1.94 bits per heavy atom. The molecule has 0 bridgehead atoms. The molecule has 1 aromatic carbocycles. The molecule has 2 saturated heterocycles. The van der Waals surface area contributed by atoms with Crippen LogP contribution in [0.1, 0.15) is 45.1 Å². The third-order valence-electron chi connectivity index (χ3n) is 5.89. The summed E-state index contributed by atoms with van der Waals surface area (Å²) >= 11 is 0. The molecule has 9 nitrogen and oxygen atoms in total. The molecule has 4 amide bonds. The topological polar surface area (TPSA) is 96.8 Å². The van der Waals surface area contributed by atoms with Crippen molar-refractivity contribution in [2.45, 2.75) is 51.1 Å². The Bertz CT molecular complexity index is 1170. The number of imide groups is 1. The SMILES string of the molecule is Cn1nc(N2CCC(=O)NC2=O)c2cc(F)c(C3CCN(C(=O)OC(C)(C)C)CC3(F)F)cc21. The first-order valence-electron chi connectivity index (χ1n) is 10.9. The monoisotopic (exact) mass is 481 g/mol. The van der Waals surface area contributed by atoms with E-state index in [2.05, 4.69) is 10.4 Å². The van der Waals surface area contributed by atoms with E-state index in [-0.39, 0.29) is 42.7 Å². The van der Waals surface area contributed by atoms with Crippen LogP contribution in [-0.2, 0) is 16.6 Å². The van der Waals surface area contributed by atoms with Crippen LogP contribution < -0.4 is 10.2 Å². The average molecular weight is 481 g/mol. The van der Waals surface area contributed by atoms with Crippen molar-refractivity contribution in [2.75, 3.05) is 24.5 Å². The molecular formula is C22H26F3N5O4. The van der Waals surface area contributed by atoms with Crippen LogP contribution in [0.15, 0.2) is 12.1 Å². The molecule has 0 aliphatic carbocycles. The van der Waals surface area contributed by atoms with Gasteiger partial charge in [-0.3, -0.25) is 19.7 Å². The molecule has 2 fully saturated rings. The number of hydrogen-bond acceptors (Lipinski definition) is 5. The Morgan fingerprint density at radius 1 is 1.24 bits per heavy atom. The molecule has 3 heterocycles. The fourth-order valence-corrected chi connectivity index (χ4v) is 4.31. The first kappa shape index (κ1) is 23.8. The molecule has 1 N–H and O–H groups in total.